The van der Waals surface area contributed by atoms with Crippen molar-refractivity contribution in [3.63, 3.8) is 0 Å². The molecule has 1 aromatic heterocycles. The molecular weight excluding hydrogens is 297 g/mol. The molecule has 0 aliphatic rings. The van der Waals surface area contributed by atoms with Crippen molar-refractivity contribution >= 4 is 23.2 Å². The predicted octanol–water partition coefficient (Wildman–Crippen LogP) is 2.91. The molecule has 0 amide bonds. The minimum atomic E-state index is -0.151. The topological polar surface area (TPSA) is 68.8 Å². The quantitative estimate of drug-likeness (QED) is 0.658. The number of hydrazine groups is 1. The Morgan fingerprint density at radius 1 is 1.35 bits per heavy atom. The summed E-state index contributed by atoms with van der Waals surface area (Å²) in [7, 11) is 0. The van der Waals surface area contributed by atoms with Crippen LogP contribution in [0.15, 0.2) is 24.5 Å². The standard InChI is InChI=1S/C13H17Cl2N5/c1-8(2)20-13(17-7-18-20)6-12(19-16)10-4-3-9(14)5-11(10)15/h3-5,7-8,12,19H,6,16H2,1-2H3. The number of rotatable bonds is 5. The molecule has 0 radical (unpaired) electrons. The van der Waals surface area contributed by atoms with E-state index in [0.717, 1.165) is 11.4 Å². The summed E-state index contributed by atoms with van der Waals surface area (Å²) in [5.74, 6) is 6.51. The molecule has 7 heteroatoms. The third-order valence-corrected chi connectivity index (χ3v) is 3.62. The molecule has 108 valence electrons. The van der Waals surface area contributed by atoms with Crippen molar-refractivity contribution in [2.75, 3.05) is 0 Å². The summed E-state index contributed by atoms with van der Waals surface area (Å²) in [6.45, 7) is 4.11. The summed E-state index contributed by atoms with van der Waals surface area (Å²) < 4.78 is 1.87. The van der Waals surface area contributed by atoms with Crippen LogP contribution in [0.2, 0.25) is 10.0 Å². The fourth-order valence-electron chi connectivity index (χ4n) is 2.08. The Hall–Kier alpha value is -1.14. The van der Waals surface area contributed by atoms with Crippen molar-refractivity contribution in [1.82, 2.24) is 20.2 Å². The Balaban J connectivity index is 2.27. The second-order valence-corrected chi connectivity index (χ2v) is 5.65. The van der Waals surface area contributed by atoms with Gasteiger partial charge in [-0.3, -0.25) is 11.3 Å². The van der Waals surface area contributed by atoms with E-state index in [2.05, 4.69) is 29.4 Å². The van der Waals surface area contributed by atoms with E-state index < -0.39 is 0 Å². The van der Waals surface area contributed by atoms with E-state index in [1.807, 2.05) is 10.7 Å². The molecule has 1 heterocycles. The van der Waals surface area contributed by atoms with Crippen LogP contribution < -0.4 is 11.3 Å². The highest BCUT2D eigenvalue weighted by Gasteiger charge is 2.18. The molecule has 0 bridgehead atoms. The third-order valence-electron chi connectivity index (χ3n) is 3.06. The van der Waals surface area contributed by atoms with E-state index >= 15 is 0 Å². The highest BCUT2D eigenvalue weighted by atomic mass is 35.5. The lowest BCUT2D eigenvalue weighted by Gasteiger charge is -2.18. The Morgan fingerprint density at radius 3 is 2.70 bits per heavy atom. The largest absolute Gasteiger partial charge is 0.271 e. The maximum atomic E-state index is 6.22. The first kappa shape index (κ1) is 15.3. The first-order valence-corrected chi connectivity index (χ1v) is 7.08. The predicted molar refractivity (Wildman–Crippen MR) is 80.6 cm³/mol. The Labute approximate surface area is 128 Å². The van der Waals surface area contributed by atoms with Gasteiger partial charge in [-0.15, -0.1) is 0 Å². The highest BCUT2D eigenvalue weighted by Crippen LogP contribution is 2.28. The van der Waals surface area contributed by atoms with E-state index in [9.17, 15) is 0 Å². The number of halogens is 2. The van der Waals surface area contributed by atoms with Crippen LogP contribution in [0, 0.1) is 0 Å². The number of hydrogen-bond donors (Lipinski definition) is 2. The second kappa shape index (κ2) is 6.54. The zero-order valence-electron chi connectivity index (χ0n) is 11.3. The molecule has 2 rings (SSSR count). The minimum Gasteiger partial charge on any atom is -0.271 e. The molecular formula is C13H17Cl2N5. The van der Waals surface area contributed by atoms with Gasteiger partial charge in [-0.2, -0.15) is 5.10 Å². The van der Waals surface area contributed by atoms with E-state index in [1.54, 1.807) is 18.5 Å². The van der Waals surface area contributed by atoms with Gasteiger partial charge < -0.3 is 0 Å². The van der Waals surface area contributed by atoms with Crippen LogP contribution in [0.5, 0.6) is 0 Å². The summed E-state index contributed by atoms with van der Waals surface area (Å²) in [6.07, 6.45) is 2.14. The number of hydrogen-bond acceptors (Lipinski definition) is 4. The van der Waals surface area contributed by atoms with Gasteiger partial charge in [-0.05, 0) is 31.5 Å². The van der Waals surface area contributed by atoms with Crippen LogP contribution in [0.3, 0.4) is 0 Å². The van der Waals surface area contributed by atoms with Gasteiger partial charge in [0.1, 0.15) is 12.2 Å². The SMILES string of the molecule is CC(C)n1ncnc1CC(NN)c1ccc(Cl)cc1Cl. The molecule has 0 fully saturated rings. The monoisotopic (exact) mass is 313 g/mol. The maximum Gasteiger partial charge on any atom is 0.138 e. The van der Waals surface area contributed by atoms with Crippen LogP contribution in [-0.4, -0.2) is 14.8 Å². The van der Waals surface area contributed by atoms with Crippen LogP contribution in [0.1, 0.15) is 37.3 Å². The van der Waals surface area contributed by atoms with Crippen LogP contribution in [0.25, 0.3) is 0 Å². The Kier molecular flexibility index (Phi) is 4.99. The summed E-state index contributed by atoms with van der Waals surface area (Å²) in [6, 6.07) is 5.45. The lowest BCUT2D eigenvalue weighted by Crippen LogP contribution is -2.30. The average Bonchev–Trinajstić information content (AvgIpc) is 2.85. The van der Waals surface area contributed by atoms with Gasteiger partial charge >= 0.3 is 0 Å². The smallest absolute Gasteiger partial charge is 0.138 e. The second-order valence-electron chi connectivity index (χ2n) is 4.80. The van der Waals surface area contributed by atoms with E-state index in [-0.39, 0.29) is 12.1 Å². The summed E-state index contributed by atoms with van der Waals surface area (Å²) in [4.78, 5) is 4.29. The molecule has 1 unspecified atom stereocenters. The molecule has 1 aromatic carbocycles. The average molecular weight is 314 g/mol. The fourth-order valence-corrected chi connectivity index (χ4v) is 2.62. The molecule has 5 nitrogen and oxygen atoms in total. The number of aromatic nitrogens is 3. The number of benzene rings is 1. The van der Waals surface area contributed by atoms with Gasteiger partial charge in [-0.1, -0.05) is 29.3 Å². The van der Waals surface area contributed by atoms with E-state index in [1.165, 1.54) is 0 Å². The van der Waals surface area contributed by atoms with Crippen LogP contribution in [0.4, 0.5) is 0 Å². The number of nitrogens with two attached hydrogens (primary N) is 1. The zero-order valence-corrected chi connectivity index (χ0v) is 12.9. The van der Waals surface area contributed by atoms with Crippen molar-refractivity contribution in [1.29, 1.82) is 0 Å². The molecule has 0 saturated heterocycles. The number of nitrogens with one attached hydrogen (secondary N) is 1. The molecule has 3 N–H and O–H groups in total. The van der Waals surface area contributed by atoms with E-state index in [0.29, 0.717) is 16.5 Å². The van der Waals surface area contributed by atoms with Crippen molar-refractivity contribution in [2.24, 2.45) is 5.84 Å². The Bertz CT molecular complexity index is 582. The van der Waals surface area contributed by atoms with Gasteiger partial charge in [0.15, 0.2) is 0 Å². The van der Waals surface area contributed by atoms with Crippen LogP contribution in [-0.2, 0) is 6.42 Å². The third kappa shape index (κ3) is 3.30. The first-order valence-electron chi connectivity index (χ1n) is 6.32. The number of nitrogens with zero attached hydrogens (tertiary/aromatic N) is 3. The van der Waals surface area contributed by atoms with Crippen molar-refractivity contribution in [3.8, 4) is 0 Å². The molecule has 20 heavy (non-hydrogen) atoms. The molecule has 0 aliphatic heterocycles. The minimum absolute atomic E-state index is 0.151. The summed E-state index contributed by atoms with van der Waals surface area (Å²) in [5.41, 5.74) is 3.66. The zero-order chi connectivity index (χ0) is 14.7. The fraction of sp³-hybridized carbons (Fsp3) is 0.385. The molecule has 2 aromatic rings. The Morgan fingerprint density at radius 2 is 2.10 bits per heavy atom. The summed E-state index contributed by atoms with van der Waals surface area (Å²) >= 11 is 12.1. The lowest BCUT2D eigenvalue weighted by molar-refractivity contribution is 0.468. The van der Waals surface area contributed by atoms with Crippen molar-refractivity contribution < 1.29 is 0 Å². The van der Waals surface area contributed by atoms with Gasteiger partial charge in [0, 0.05) is 22.5 Å². The first-order chi connectivity index (χ1) is 9.52. The van der Waals surface area contributed by atoms with Crippen LogP contribution >= 0.6 is 23.2 Å². The molecule has 1 atom stereocenters. The lowest BCUT2D eigenvalue weighted by atomic mass is 10.0. The maximum absolute atomic E-state index is 6.22. The van der Waals surface area contributed by atoms with Crippen molar-refractivity contribution in [3.05, 3.63) is 46.0 Å². The molecule has 0 aliphatic carbocycles. The van der Waals surface area contributed by atoms with Crippen molar-refractivity contribution in [2.45, 2.75) is 32.4 Å². The normalized spacial score (nSPS) is 12.9. The van der Waals surface area contributed by atoms with Gasteiger partial charge in [0.2, 0.25) is 0 Å². The molecule has 0 spiro atoms. The summed E-state index contributed by atoms with van der Waals surface area (Å²) in [5, 5.41) is 5.39. The van der Waals surface area contributed by atoms with Gasteiger partial charge in [0.05, 0.1) is 6.04 Å². The van der Waals surface area contributed by atoms with Gasteiger partial charge in [-0.25, -0.2) is 9.67 Å². The highest BCUT2D eigenvalue weighted by molar-refractivity contribution is 6.35. The van der Waals surface area contributed by atoms with E-state index in [4.69, 9.17) is 29.0 Å². The van der Waals surface area contributed by atoms with Gasteiger partial charge in [0.25, 0.3) is 0 Å². The molecule has 0 saturated carbocycles.